The first kappa shape index (κ1) is 17.1. The molecule has 0 radical (unpaired) electrons. The molecule has 0 spiro atoms. The van der Waals surface area contributed by atoms with Gasteiger partial charge in [-0.1, -0.05) is 27.7 Å². The number of hydrogen-bond acceptors (Lipinski definition) is 3. The smallest absolute Gasteiger partial charge is 0.146 e. The minimum atomic E-state index is -0.231. The summed E-state index contributed by atoms with van der Waals surface area (Å²) in [5, 5.41) is 3.34. The summed E-state index contributed by atoms with van der Waals surface area (Å²) < 4.78 is 14.2. The molecule has 1 N–H and O–H groups in total. The molecule has 20 heavy (non-hydrogen) atoms. The SMILES string of the molecule is CCN(CC)C(CC)(CC)C(NC)c1ccncc1F. The van der Waals surface area contributed by atoms with Gasteiger partial charge in [-0.2, -0.15) is 0 Å². The monoisotopic (exact) mass is 281 g/mol. The van der Waals surface area contributed by atoms with Crippen molar-refractivity contribution in [2.75, 3.05) is 20.1 Å². The summed E-state index contributed by atoms with van der Waals surface area (Å²) in [6.07, 6.45) is 4.91. The van der Waals surface area contributed by atoms with E-state index in [9.17, 15) is 4.39 Å². The van der Waals surface area contributed by atoms with Gasteiger partial charge < -0.3 is 5.32 Å². The van der Waals surface area contributed by atoms with Crippen molar-refractivity contribution in [1.29, 1.82) is 0 Å². The minimum absolute atomic E-state index is 0.0413. The fourth-order valence-electron chi connectivity index (χ4n) is 3.48. The third-order valence-corrected chi connectivity index (χ3v) is 4.56. The van der Waals surface area contributed by atoms with Crippen molar-refractivity contribution >= 4 is 0 Å². The van der Waals surface area contributed by atoms with Crippen molar-refractivity contribution in [3.05, 3.63) is 29.8 Å². The normalized spacial score (nSPS) is 13.8. The van der Waals surface area contributed by atoms with Crippen LogP contribution in [0.5, 0.6) is 0 Å². The number of aromatic nitrogens is 1. The number of pyridine rings is 1. The Labute approximate surface area is 122 Å². The Morgan fingerprint density at radius 1 is 1.25 bits per heavy atom. The predicted molar refractivity (Wildman–Crippen MR) is 82.2 cm³/mol. The molecule has 1 aromatic heterocycles. The lowest BCUT2D eigenvalue weighted by Crippen LogP contribution is -2.55. The van der Waals surface area contributed by atoms with Gasteiger partial charge in [0.25, 0.3) is 0 Å². The Balaban J connectivity index is 3.32. The van der Waals surface area contributed by atoms with E-state index < -0.39 is 0 Å². The zero-order valence-corrected chi connectivity index (χ0v) is 13.4. The zero-order chi connectivity index (χ0) is 15.2. The molecule has 3 nitrogen and oxygen atoms in total. The lowest BCUT2D eigenvalue weighted by atomic mass is 9.79. The van der Waals surface area contributed by atoms with Crippen LogP contribution in [0.15, 0.2) is 18.5 Å². The molecule has 4 heteroatoms. The third kappa shape index (κ3) is 3.01. The molecule has 1 rings (SSSR count). The van der Waals surface area contributed by atoms with Gasteiger partial charge in [-0.15, -0.1) is 0 Å². The number of nitrogens with zero attached hydrogens (tertiary/aromatic N) is 2. The maximum Gasteiger partial charge on any atom is 0.146 e. The number of halogens is 1. The lowest BCUT2D eigenvalue weighted by Gasteiger charge is -2.48. The molecule has 0 amide bonds. The summed E-state index contributed by atoms with van der Waals surface area (Å²) in [6.45, 7) is 10.6. The molecule has 114 valence electrons. The van der Waals surface area contributed by atoms with Crippen molar-refractivity contribution in [2.45, 2.75) is 52.1 Å². The number of likely N-dealkylation sites (N-methyl/N-ethyl adjacent to an activating group) is 2. The molecule has 0 aliphatic rings. The summed E-state index contributed by atoms with van der Waals surface area (Å²) in [5.74, 6) is -0.231. The molecule has 1 atom stereocenters. The van der Waals surface area contributed by atoms with E-state index in [1.165, 1.54) is 6.20 Å². The second-order valence-corrected chi connectivity index (χ2v) is 5.10. The fourth-order valence-corrected chi connectivity index (χ4v) is 3.48. The maximum absolute atomic E-state index is 14.2. The van der Waals surface area contributed by atoms with Crippen LogP contribution in [0.2, 0.25) is 0 Å². The highest BCUT2D eigenvalue weighted by Crippen LogP contribution is 2.37. The van der Waals surface area contributed by atoms with Crippen molar-refractivity contribution in [3.8, 4) is 0 Å². The molecular formula is C16H28FN3. The van der Waals surface area contributed by atoms with E-state index in [1.54, 1.807) is 12.3 Å². The van der Waals surface area contributed by atoms with Crippen LogP contribution in [0.4, 0.5) is 4.39 Å². The summed E-state index contributed by atoms with van der Waals surface area (Å²) in [7, 11) is 1.91. The van der Waals surface area contributed by atoms with Crippen LogP contribution in [0.25, 0.3) is 0 Å². The average molecular weight is 281 g/mol. The van der Waals surface area contributed by atoms with Crippen molar-refractivity contribution in [1.82, 2.24) is 15.2 Å². The van der Waals surface area contributed by atoms with Crippen LogP contribution in [0.3, 0.4) is 0 Å². The van der Waals surface area contributed by atoms with Crippen molar-refractivity contribution in [2.24, 2.45) is 0 Å². The van der Waals surface area contributed by atoms with Crippen LogP contribution in [0.1, 0.15) is 52.1 Å². The van der Waals surface area contributed by atoms with Gasteiger partial charge in [-0.05, 0) is 39.0 Å². The molecule has 0 saturated carbocycles. The number of nitrogens with one attached hydrogen (secondary N) is 1. The van der Waals surface area contributed by atoms with E-state index in [2.05, 4.69) is 42.9 Å². The van der Waals surface area contributed by atoms with Gasteiger partial charge in [-0.25, -0.2) is 4.39 Å². The summed E-state index contributed by atoms with van der Waals surface area (Å²) in [6, 6.07) is 1.75. The molecule has 0 aliphatic carbocycles. The van der Waals surface area contributed by atoms with Gasteiger partial charge in [0.1, 0.15) is 5.82 Å². The van der Waals surface area contributed by atoms with E-state index in [-0.39, 0.29) is 17.4 Å². The van der Waals surface area contributed by atoms with Crippen LogP contribution < -0.4 is 5.32 Å². The molecule has 0 saturated heterocycles. The quantitative estimate of drug-likeness (QED) is 0.792. The molecular weight excluding hydrogens is 253 g/mol. The first-order valence-electron chi connectivity index (χ1n) is 7.62. The standard InChI is InChI=1S/C16H28FN3/c1-6-16(7-2,20(8-3)9-4)15(18-5)13-10-11-19-12-14(13)17/h10-12,15,18H,6-9H2,1-5H3. The van der Waals surface area contributed by atoms with Gasteiger partial charge in [0, 0.05) is 17.3 Å². The van der Waals surface area contributed by atoms with Gasteiger partial charge >= 0.3 is 0 Å². The van der Waals surface area contributed by atoms with Crippen LogP contribution in [0, 0.1) is 5.82 Å². The number of rotatable bonds is 8. The molecule has 0 aromatic carbocycles. The van der Waals surface area contributed by atoms with Crippen molar-refractivity contribution < 1.29 is 4.39 Å². The van der Waals surface area contributed by atoms with Gasteiger partial charge in [0.2, 0.25) is 0 Å². The third-order valence-electron chi connectivity index (χ3n) is 4.56. The first-order chi connectivity index (χ1) is 9.61. The Hall–Kier alpha value is -1.00. The Morgan fingerprint density at radius 3 is 2.25 bits per heavy atom. The van der Waals surface area contributed by atoms with E-state index in [4.69, 9.17) is 0 Å². The molecule has 0 aliphatic heterocycles. The minimum Gasteiger partial charge on any atom is -0.311 e. The molecule has 0 bridgehead atoms. The summed E-state index contributed by atoms with van der Waals surface area (Å²) in [5.41, 5.74) is 0.624. The Bertz CT molecular complexity index is 400. The largest absolute Gasteiger partial charge is 0.311 e. The van der Waals surface area contributed by atoms with Gasteiger partial charge in [0.05, 0.1) is 12.2 Å². The van der Waals surface area contributed by atoms with E-state index >= 15 is 0 Å². The Morgan fingerprint density at radius 2 is 1.85 bits per heavy atom. The fraction of sp³-hybridized carbons (Fsp3) is 0.688. The zero-order valence-electron chi connectivity index (χ0n) is 13.4. The van der Waals surface area contributed by atoms with E-state index in [0.717, 1.165) is 25.9 Å². The summed E-state index contributed by atoms with van der Waals surface area (Å²) >= 11 is 0. The molecule has 1 heterocycles. The first-order valence-corrected chi connectivity index (χ1v) is 7.62. The predicted octanol–water partition coefficient (Wildman–Crippen LogP) is 3.38. The second kappa shape index (κ2) is 7.70. The molecule has 0 fully saturated rings. The highest BCUT2D eigenvalue weighted by molar-refractivity contribution is 5.22. The number of hydrogen-bond donors (Lipinski definition) is 1. The Kier molecular flexibility index (Phi) is 6.56. The van der Waals surface area contributed by atoms with Gasteiger partial charge in [-0.3, -0.25) is 9.88 Å². The van der Waals surface area contributed by atoms with Crippen molar-refractivity contribution in [3.63, 3.8) is 0 Å². The second-order valence-electron chi connectivity index (χ2n) is 5.10. The molecule has 1 aromatic rings. The molecule has 1 unspecified atom stereocenters. The van der Waals surface area contributed by atoms with E-state index in [1.807, 2.05) is 7.05 Å². The topological polar surface area (TPSA) is 28.2 Å². The maximum atomic E-state index is 14.2. The van der Waals surface area contributed by atoms with Crippen LogP contribution >= 0.6 is 0 Å². The van der Waals surface area contributed by atoms with Crippen LogP contribution in [-0.4, -0.2) is 35.6 Å². The highest BCUT2D eigenvalue weighted by atomic mass is 19.1. The van der Waals surface area contributed by atoms with Crippen LogP contribution in [-0.2, 0) is 0 Å². The summed E-state index contributed by atoms with van der Waals surface area (Å²) in [4.78, 5) is 6.30. The lowest BCUT2D eigenvalue weighted by molar-refractivity contribution is 0.0502. The van der Waals surface area contributed by atoms with Gasteiger partial charge in [0.15, 0.2) is 0 Å². The van der Waals surface area contributed by atoms with E-state index in [0.29, 0.717) is 5.56 Å². The average Bonchev–Trinajstić information content (AvgIpc) is 2.49. The highest BCUT2D eigenvalue weighted by Gasteiger charge is 2.40.